The van der Waals surface area contributed by atoms with Crippen molar-refractivity contribution in [2.75, 3.05) is 0 Å². The average molecular weight is 189 g/mol. The Bertz CT molecular complexity index is 179. The van der Waals surface area contributed by atoms with Gasteiger partial charge in [-0.2, -0.15) is 0 Å². The standard InChI is InChI=1S/C10H17ClO/c1-6-4-9(11)5-10(7(6)2)8(3)12/h6-7,9-10H,4-5H2,1-3H3. The zero-order valence-corrected chi connectivity index (χ0v) is 8.77. The average Bonchev–Trinajstić information content (AvgIpc) is 1.96. The van der Waals surface area contributed by atoms with Crippen LogP contribution in [0.25, 0.3) is 0 Å². The van der Waals surface area contributed by atoms with Crippen LogP contribution in [-0.4, -0.2) is 11.2 Å². The fraction of sp³-hybridized carbons (Fsp3) is 0.900. The van der Waals surface area contributed by atoms with Crippen molar-refractivity contribution in [1.29, 1.82) is 0 Å². The first-order chi connectivity index (χ1) is 5.52. The van der Waals surface area contributed by atoms with Gasteiger partial charge in [0.25, 0.3) is 0 Å². The normalized spacial score (nSPS) is 42.7. The van der Waals surface area contributed by atoms with Gasteiger partial charge in [-0.3, -0.25) is 4.79 Å². The van der Waals surface area contributed by atoms with Crippen molar-refractivity contribution < 1.29 is 4.79 Å². The van der Waals surface area contributed by atoms with Gasteiger partial charge in [-0.1, -0.05) is 13.8 Å². The molecule has 0 amide bonds. The van der Waals surface area contributed by atoms with E-state index in [-0.39, 0.29) is 11.3 Å². The van der Waals surface area contributed by atoms with Crippen LogP contribution in [0.2, 0.25) is 0 Å². The van der Waals surface area contributed by atoms with Gasteiger partial charge in [-0.25, -0.2) is 0 Å². The summed E-state index contributed by atoms with van der Waals surface area (Å²) in [7, 11) is 0. The lowest BCUT2D eigenvalue weighted by Gasteiger charge is -2.35. The first-order valence-electron chi connectivity index (χ1n) is 4.67. The number of halogens is 1. The number of ketones is 1. The molecule has 0 saturated heterocycles. The number of rotatable bonds is 1. The Labute approximate surface area is 79.5 Å². The summed E-state index contributed by atoms with van der Waals surface area (Å²) >= 11 is 6.06. The fourth-order valence-corrected chi connectivity index (χ4v) is 2.61. The topological polar surface area (TPSA) is 17.1 Å². The summed E-state index contributed by atoms with van der Waals surface area (Å²) in [5, 5.41) is 0.213. The molecule has 1 aliphatic rings. The molecule has 4 atom stereocenters. The second kappa shape index (κ2) is 3.78. The summed E-state index contributed by atoms with van der Waals surface area (Å²) in [6.07, 6.45) is 1.94. The summed E-state index contributed by atoms with van der Waals surface area (Å²) in [6, 6.07) is 0. The highest BCUT2D eigenvalue weighted by Crippen LogP contribution is 2.37. The lowest BCUT2D eigenvalue weighted by atomic mass is 9.72. The molecule has 1 aliphatic carbocycles. The maximum absolute atomic E-state index is 11.2. The molecule has 0 radical (unpaired) electrons. The minimum atomic E-state index is 0.205. The van der Waals surface area contributed by atoms with Crippen LogP contribution in [0.4, 0.5) is 0 Å². The van der Waals surface area contributed by atoms with Crippen molar-refractivity contribution in [2.45, 2.75) is 39.0 Å². The van der Waals surface area contributed by atoms with Crippen molar-refractivity contribution in [3.63, 3.8) is 0 Å². The van der Waals surface area contributed by atoms with Crippen molar-refractivity contribution in [2.24, 2.45) is 17.8 Å². The summed E-state index contributed by atoms with van der Waals surface area (Å²) in [6.45, 7) is 6.04. The van der Waals surface area contributed by atoms with Gasteiger partial charge in [-0.15, -0.1) is 11.6 Å². The lowest BCUT2D eigenvalue weighted by molar-refractivity contribution is -0.123. The van der Waals surface area contributed by atoms with Gasteiger partial charge in [0, 0.05) is 11.3 Å². The molecule has 12 heavy (non-hydrogen) atoms. The Morgan fingerprint density at radius 3 is 2.42 bits per heavy atom. The minimum absolute atomic E-state index is 0.205. The van der Waals surface area contributed by atoms with Crippen LogP contribution < -0.4 is 0 Å². The zero-order chi connectivity index (χ0) is 9.30. The Hall–Kier alpha value is -0.0400. The van der Waals surface area contributed by atoms with Crippen LogP contribution >= 0.6 is 11.6 Å². The predicted molar refractivity (Wildman–Crippen MR) is 51.4 cm³/mol. The molecule has 0 aromatic heterocycles. The van der Waals surface area contributed by atoms with Crippen LogP contribution in [0.1, 0.15) is 33.6 Å². The fourth-order valence-electron chi connectivity index (χ4n) is 2.14. The van der Waals surface area contributed by atoms with Crippen LogP contribution in [0.3, 0.4) is 0 Å². The predicted octanol–water partition coefficient (Wildman–Crippen LogP) is 2.87. The molecule has 2 heteroatoms. The largest absolute Gasteiger partial charge is 0.300 e. The second-order valence-corrected chi connectivity index (χ2v) is 4.74. The Morgan fingerprint density at radius 2 is 1.92 bits per heavy atom. The van der Waals surface area contributed by atoms with E-state index in [1.54, 1.807) is 6.92 Å². The first-order valence-corrected chi connectivity index (χ1v) is 5.10. The van der Waals surface area contributed by atoms with E-state index in [4.69, 9.17) is 11.6 Å². The number of carbonyl (C=O) groups excluding carboxylic acids is 1. The van der Waals surface area contributed by atoms with Gasteiger partial charge < -0.3 is 0 Å². The number of hydrogen-bond donors (Lipinski definition) is 0. The molecule has 0 spiro atoms. The highest BCUT2D eigenvalue weighted by Gasteiger charge is 2.34. The van der Waals surface area contributed by atoms with Gasteiger partial charge in [0.15, 0.2) is 0 Å². The van der Waals surface area contributed by atoms with E-state index in [2.05, 4.69) is 13.8 Å². The number of Topliss-reactive ketones (excluding diaryl/α,β-unsaturated/α-hetero) is 1. The summed E-state index contributed by atoms with van der Waals surface area (Å²) in [5.41, 5.74) is 0. The molecule has 0 bridgehead atoms. The summed E-state index contributed by atoms with van der Waals surface area (Å²) in [4.78, 5) is 11.2. The Morgan fingerprint density at radius 1 is 1.33 bits per heavy atom. The third-order valence-electron chi connectivity index (χ3n) is 3.19. The van der Waals surface area contributed by atoms with E-state index >= 15 is 0 Å². The molecule has 0 aliphatic heterocycles. The molecule has 0 heterocycles. The summed E-state index contributed by atoms with van der Waals surface area (Å²) in [5.74, 6) is 1.61. The van der Waals surface area contributed by atoms with E-state index in [0.717, 1.165) is 12.8 Å². The van der Waals surface area contributed by atoms with Gasteiger partial charge in [0.1, 0.15) is 5.78 Å². The second-order valence-electron chi connectivity index (χ2n) is 4.12. The molecule has 1 nitrogen and oxygen atoms in total. The zero-order valence-electron chi connectivity index (χ0n) is 8.01. The lowest BCUT2D eigenvalue weighted by Crippen LogP contribution is -2.33. The Kier molecular flexibility index (Phi) is 3.16. The number of carbonyl (C=O) groups is 1. The SMILES string of the molecule is CC(=O)C1CC(Cl)CC(C)C1C. The van der Waals surface area contributed by atoms with Gasteiger partial charge in [0.2, 0.25) is 0 Å². The molecule has 0 N–H and O–H groups in total. The van der Waals surface area contributed by atoms with Crippen molar-refractivity contribution >= 4 is 17.4 Å². The molecule has 4 unspecified atom stereocenters. The van der Waals surface area contributed by atoms with Gasteiger partial charge in [0.05, 0.1) is 0 Å². The third kappa shape index (κ3) is 2.01. The maximum Gasteiger partial charge on any atom is 0.133 e. The van der Waals surface area contributed by atoms with Crippen molar-refractivity contribution in [3.05, 3.63) is 0 Å². The van der Waals surface area contributed by atoms with Crippen LogP contribution in [0, 0.1) is 17.8 Å². The van der Waals surface area contributed by atoms with E-state index < -0.39 is 0 Å². The molecule has 1 saturated carbocycles. The van der Waals surface area contributed by atoms with Crippen LogP contribution in [-0.2, 0) is 4.79 Å². The first kappa shape index (κ1) is 10.0. The van der Waals surface area contributed by atoms with Gasteiger partial charge in [-0.05, 0) is 31.6 Å². The van der Waals surface area contributed by atoms with Crippen molar-refractivity contribution in [3.8, 4) is 0 Å². The highest BCUT2D eigenvalue weighted by molar-refractivity contribution is 6.20. The van der Waals surface area contributed by atoms with E-state index in [0.29, 0.717) is 17.6 Å². The maximum atomic E-state index is 11.2. The molecule has 1 fully saturated rings. The molecule has 0 aromatic carbocycles. The quantitative estimate of drug-likeness (QED) is 0.579. The number of alkyl halides is 1. The smallest absolute Gasteiger partial charge is 0.133 e. The van der Waals surface area contributed by atoms with Gasteiger partial charge >= 0.3 is 0 Å². The number of hydrogen-bond acceptors (Lipinski definition) is 1. The minimum Gasteiger partial charge on any atom is -0.300 e. The van der Waals surface area contributed by atoms with Crippen LogP contribution in [0.15, 0.2) is 0 Å². The molecular formula is C10H17ClO. The molecule has 1 rings (SSSR count). The van der Waals surface area contributed by atoms with Crippen molar-refractivity contribution in [1.82, 2.24) is 0 Å². The Balaban J connectivity index is 2.66. The van der Waals surface area contributed by atoms with E-state index in [9.17, 15) is 4.79 Å². The van der Waals surface area contributed by atoms with Crippen LogP contribution in [0.5, 0.6) is 0 Å². The molecule has 70 valence electrons. The summed E-state index contributed by atoms with van der Waals surface area (Å²) < 4.78 is 0. The monoisotopic (exact) mass is 188 g/mol. The van der Waals surface area contributed by atoms with E-state index in [1.165, 1.54) is 0 Å². The molecular weight excluding hydrogens is 172 g/mol. The highest BCUT2D eigenvalue weighted by atomic mass is 35.5. The van der Waals surface area contributed by atoms with E-state index in [1.807, 2.05) is 0 Å². The third-order valence-corrected chi connectivity index (χ3v) is 3.55. The molecule has 0 aromatic rings.